The Balaban J connectivity index is 2.19. The van der Waals surface area contributed by atoms with Gasteiger partial charge in [-0.1, -0.05) is 20.8 Å². The van der Waals surface area contributed by atoms with Gasteiger partial charge in [-0.3, -0.25) is 0 Å². The molecule has 0 atom stereocenters. The summed E-state index contributed by atoms with van der Waals surface area (Å²) < 4.78 is 0. The zero-order valence-corrected chi connectivity index (χ0v) is 13.0. The predicted molar refractivity (Wildman–Crippen MR) is 83.2 cm³/mol. The van der Waals surface area contributed by atoms with Crippen molar-refractivity contribution in [3.05, 3.63) is 5.82 Å². The highest BCUT2D eigenvalue weighted by molar-refractivity contribution is 5.37. The highest BCUT2D eigenvalue weighted by Crippen LogP contribution is 2.18. The maximum atomic E-state index is 4.67. The van der Waals surface area contributed by atoms with Crippen LogP contribution in [0.4, 0.5) is 11.9 Å². The van der Waals surface area contributed by atoms with E-state index in [1.54, 1.807) is 0 Å². The van der Waals surface area contributed by atoms with Gasteiger partial charge < -0.3 is 10.2 Å². The van der Waals surface area contributed by atoms with Gasteiger partial charge >= 0.3 is 0 Å². The number of piperidine rings is 1. The molecule has 0 aliphatic carbocycles. The molecule has 1 aliphatic heterocycles. The van der Waals surface area contributed by atoms with Gasteiger partial charge in [-0.05, 0) is 31.6 Å². The molecule has 5 heteroatoms. The largest absolute Gasteiger partial charge is 0.354 e. The van der Waals surface area contributed by atoms with Gasteiger partial charge in [0.15, 0.2) is 0 Å². The van der Waals surface area contributed by atoms with Crippen LogP contribution in [0, 0.1) is 5.92 Å². The Hall–Kier alpha value is -1.39. The summed E-state index contributed by atoms with van der Waals surface area (Å²) in [6.45, 7) is 9.59. The van der Waals surface area contributed by atoms with E-state index in [-0.39, 0.29) is 0 Å². The molecule has 1 aromatic rings. The molecule has 2 heterocycles. The zero-order valence-electron chi connectivity index (χ0n) is 13.0. The molecule has 1 N–H and O–H groups in total. The van der Waals surface area contributed by atoms with E-state index in [2.05, 4.69) is 45.9 Å². The van der Waals surface area contributed by atoms with E-state index >= 15 is 0 Å². The van der Waals surface area contributed by atoms with Crippen LogP contribution in [0.5, 0.6) is 0 Å². The number of nitrogens with one attached hydrogen (secondary N) is 1. The van der Waals surface area contributed by atoms with Crippen molar-refractivity contribution in [1.29, 1.82) is 0 Å². The second-order valence-electron chi connectivity index (χ2n) is 5.95. The van der Waals surface area contributed by atoms with Crippen LogP contribution in [0.2, 0.25) is 0 Å². The number of aromatic nitrogens is 3. The normalized spacial score (nSPS) is 15.7. The Morgan fingerprint density at radius 1 is 1.10 bits per heavy atom. The molecule has 0 radical (unpaired) electrons. The van der Waals surface area contributed by atoms with Crippen molar-refractivity contribution >= 4 is 11.9 Å². The van der Waals surface area contributed by atoms with Crippen LogP contribution < -0.4 is 10.2 Å². The summed E-state index contributed by atoms with van der Waals surface area (Å²) in [7, 11) is 0. The molecule has 0 saturated carbocycles. The minimum Gasteiger partial charge on any atom is -0.354 e. The maximum absolute atomic E-state index is 4.67. The number of hydrogen-bond acceptors (Lipinski definition) is 5. The lowest BCUT2D eigenvalue weighted by molar-refractivity contribution is 0.561. The summed E-state index contributed by atoms with van der Waals surface area (Å²) in [5, 5.41) is 3.30. The Labute approximate surface area is 122 Å². The van der Waals surface area contributed by atoms with E-state index in [0.29, 0.717) is 5.92 Å². The van der Waals surface area contributed by atoms with Gasteiger partial charge in [-0.15, -0.1) is 0 Å². The lowest BCUT2D eigenvalue weighted by Crippen LogP contribution is -2.31. The molecule has 0 aromatic carbocycles. The molecule has 2 rings (SSSR count). The SMILES string of the molecule is CCCNc1nc(CC(C)C)nc(N2CCCCC2)n1. The van der Waals surface area contributed by atoms with Crippen LogP contribution in [0.1, 0.15) is 52.3 Å². The van der Waals surface area contributed by atoms with Gasteiger partial charge in [0.05, 0.1) is 0 Å². The fourth-order valence-electron chi connectivity index (χ4n) is 2.42. The predicted octanol–water partition coefficient (Wildman–Crippen LogP) is 2.88. The summed E-state index contributed by atoms with van der Waals surface area (Å²) in [6.07, 6.45) is 5.78. The second kappa shape index (κ2) is 7.41. The monoisotopic (exact) mass is 277 g/mol. The molecule has 1 aliphatic rings. The van der Waals surface area contributed by atoms with Crippen LogP contribution in [0.3, 0.4) is 0 Å². The Morgan fingerprint density at radius 3 is 2.50 bits per heavy atom. The van der Waals surface area contributed by atoms with Gasteiger partial charge in [-0.25, -0.2) is 0 Å². The molecule has 1 fully saturated rings. The minimum atomic E-state index is 0.561. The van der Waals surface area contributed by atoms with E-state index in [4.69, 9.17) is 0 Å². The maximum Gasteiger partial charge on any atom is 0.230 e. The quantitative estimate of drug-likeness (QED) is 0.866. The smallest absolute Gasteiger partial charge is 0.230 e. The Bertz CT molecular complexity index is 413. The average Bonchev–Trinajstić information content (AvgIpc) is 2.45. The molecule has 1 aromatic heterocycles. The third kappa shape index (κ3) is 4.32. The first kappa shape index (κ1) is 15.0. The van der Waals surface area contributed by atoms with Gasteiger partial charge in [0.1, 0.15) is 5.82 Å². The lowest BCUT2D eigenvalue weighted by Gasteiger charge is -2.27. The van der Waals surface area contributed by atoms with E-state index < -0.39 is 0 Å². The molecular weight excluding hydrogens is 250 g/mol. The summed E-state index contributed by atoms with van der Waals surface area (Å²) >= 11 is 0. The Morgan fingerprint density at radius 2 is 1.85 bits per heavy atom. The van der Waals surface area contributed by atoms with Crippen molar-refractivity contribution in [2.45, 2.75) is 52.9 Å². The van der Waals surface area contributed by atoms with Crippen LogP contribution in [-0.2, 0) is 6.42 Å². The van der Waals surface area contributed by atoms with Crippen molar-refractivity contribution in [3.8, 4) is 0 Å². The zero-order chi connectivity index (χ0) is 14.4. The summed E-state index contributed by atoms with van der Waals surface area (Å²) in [5.41, 5.74) is 0. The van der Waals surface area contributed by atoms with Gasteiger partial charge in [-0.2, -0.15) is 15.0 Å². The van der Waals surface area contributed by atoms with E-state index in [0.717, 1.165) is 50.2 Å². The van der Waals surface area contributed by atoms with E-state index in [9.17, 15) is 0 Å². The van der Waals surface area contributed by atoms with Gasteiger partial charge in [0, 0.05) is 26.1 Å². The summed E-state index contributed by atoms with van der Waals surface area (Å²) in [5.74, 6) is 3.06. The molecule has 0 bridgehead atoms. The first-order chi connectivity index (χ1) is 9.69. The fourth-order valence-corrected chi connectivity index (χ4v) is 2.42. The average molecular weight is 277 g/mol. The molecule has 0 spiro atoms. The second-order valence-corrected chi connectivity index (χ2v) is 5.95. The van der Waals surface area contributed by atoms with Crippen molar-refractivity contribution < 1.29 is 0 Å². The van der Waals surface area contributed by atoms with Gasteiger partial charge in [0.25, 0.3) is 0 Å². The standard InChI is InChI=1S/C15H27N5/c1-4-8-16-14-17-13(11-12(2)3)18-15(19-14)20-9-6-5-7-10-20/h12H,4-11H2,1-3H3,(H,16,17,18,19). The fraction of sp³-hybridized carbons (Fsp3) is 0.800. The highest BCUT2D eigenvalue weighted by atomic mass is 15.3. The van der Waals surface area contributed by atoms with Crippen LogP contribution >= 0.6 is 0 Å². The van der Waals surface area contributed by atoms with Crippen LogP contribution in [0.25, 0.3) is 0 Å². The first-order valence-corrected chi connectivity index (χ1v) is 7.92. The molecule has 0 unspecified atom stereocenters. The highest BCUT2D eigenvalue weighted by Gasteiger charge is 2.16. The minimum absolute atomic E-state index is 0.561. The molecule has 5 nitrogen and oxygen atoms in total. The topological polar surface area (TPSA) is 53.9 Å². The van der Waals surface area contributed by atoms with Crippen molar-refractivity contribution in [2.75, 3.05) is 29.9 Å². The van der Waals surface area contributed by atoms with Gasteiger partial charge in [0.2, 0.25) is 11.9 Å². The van der Waals surface area contributed by atoms with Crippen molar-refractivity contribution in [1.82, 2.24) is 15.0 Å². The summed E-state index contributed by atoms with van der Waals surface area (Å²) in [6, 6.07) is 0. The van der Waals surface area contributed by atoms with Crippen molar-refractivity contribution in [2.24, 2.45) is 5.92 Å². The molecule has 20 heavy (non-hydrogen) atoms. The number of anilines is 2. The van der Waals surface area contributed by atoms with Crippen molar-refractivity contribution in [3.63, 3.8) is 0 Å². The van der Waals surface area contributed by atoms with Crippen LogP contribution in [-0.4, -0.2) is 34.6 Å². The Kier molecular flexibility index (Phi) is 5.56. The molecular formula is C15H27N5. The number of rotatable bonds is 6. The third-order valence-corrected chi connectivity index (χ3v) is 3.43. The molecule has 1 saturated heterocycles. The third-order valence-electron chi connectivity index (χ3n) is 3.43. The first-order valence-electron chi connectivity index (χ1n) is 7.92. The van der Waals surface area contributed by atoms with E-state index in [1.165, 1.54) is 19.3 Å². The number of hydrogen-bond donors (Lipinski definition) is 1. The van der Waals surface area contributed by atoms with E-state index in [1.807, 2.05) is 0 Å². The molecule has 0 amide bonds. The van der Waals surface area contributed by atoms with Crippen LogP contribution in [0.15, 0.2) is 0 Å². The summed E-state index contributed by atoms with van der Waals surface area (Å²) in [4.78, 5) is 16.1. The molecule has 112 valence electrons. The lowest BCUT2D eigenvalue weighted by atomic mass is 10.1. The number of nitrogens with zero attached hydrogens (tertiary/aromatic N) is 4.